The zero-order chi connectivity index (χ0) is 15.5. The molecular weight excluding hydrogens is 357 g/mol. The van der Waals surface area contributed by atoms with Crippen molar-refractivity contribution < 1.29 is 14.1 Å². The van der Waals surface area contributed by atoms with E-state index in [9.17, 15) is 4.79 Å². The first-order valence-corrected chi connectivity index (χ1v) is 7.79. The molecule has 10 heteroatoms. The summed E-state index contributed by atoms with van der Waals surface area (Å²) in [5.74, 6) is 1.43. The molecule has 3 heterocycles. The molecule has 24 heavy (non-hydrogen) atoms. The summed E-state index contributed by atoms with van der Waals surface area (Å²) in [6.45, 7) is 8.89. The topological polar surface area (TPSA) is 83.7 Å². The molecule has 3 rings (SSSR count). The van der Waals surface area contributed by atoms with Crippen LogP contribution < -0.4 is 5.32 Å². The van der Waals surface area contributed by atoms with Crippen molar-refractivity contribution in [3.05, 3.63) is 11.7 Å². The van der Waals surface area contributed by atoms with Gasteiger partial charge in [0.2, 0.25) is 11.8 Å². The average Bonchev–Trinajstić information content (AvgIpc) is 2.93. The van der Waals surface area contributed by atoms with E-state index in [1.807, 2.05) is 11.8 Å². The van der Waals surface area contributed by atoms with Crippen LogP contribution >= 0.6 is 24.8 Å². The van der Waals surface area contributed by atoms with Crippen LogP contribution in [-0.4, -0.2) is 77.3 Å². The van der Waals surface area contributed by atoms with Gasteiger partial charge in [0.25, 0.3) is 0 Å². The van der Waals surface area contributed by atoms with Gasteiger partial charge in [-0.3, -0.25) is 9.69 Å². The van der Waals surface area contributed by atoms with Crippen LogP contribution in [-0.2, 0) is 16.1 Å². The maximum absolute atomic E-state index is 12.6. The molecule has 0 saturated carbocycles. The Bertz CT molecular complexity index is 522. The van der Waals surface area contributed by atoms with E-state index in [1.54, 1.807) is 6.92 Å². The number of hydrogen-bond donors (Lipinski definition) is 1. The lowest BCUT2D eigenvalue weighted by atomic mass is 10.1. The molecule has 0 aliphatic carbocycles. The molecule has 8 nitrogen and oxygen atoms in total. The first kappa shape index (κ1) is 21.1. The Balaban J connectivity index is 0.00000144. The van der Waals surface area contributed by atoms with Crippen LogP contribution in [0.3, 0.4) is 0 Å². The summed E-state index contributed by atoms with van der Waals surface area (Å²) in [4.78, 5) is 20.9. The van der Waals surface area contributed by atoms with Gasteiger partial charge in [-0.25, -0.2) is 0 Å². The first-order valence-electron chi connectivity index (χ1n) is 7.79. The van der Waals surface area contributed by atoms with E-state index < -0.39 is 0 Å². The second-order valence-electron chi connectivity index (χ2n) is 5.84. The highest BCUT2D eigenvalue weighted by Gasteiger charge is 2.33. The molecule has 138 valence electrons. The van der Waals surface area contributed by atoms with Crippen LogP contribution in [0.5, 0.6) is 0 Å². The van der Waals surface area contributed by atoms with Crippen LogP contribution in [0.25, 0.3) is 0 Å². The van der Waals surface area contributed by atoms with Crippen molar-refractivity contribution in [3.8, 4) is 0 Å². The molecule has 0 unspecified atom stereocenters. The largest absolute Gasteiger partial charge is 0.375 e. The van der Waals surface area contributed by atoms with Gasteiger partial charge in [0.05, 0.1) is 19.3 Å². The highest BCUT2D eigenvalue weighted by Crippen LogP contribution is 2.11. The Kier molecular flexibility index (Phi) is 8.38. The van der Waals surface area contributed by atoms with Gasteiger partial charge in [0, 0.05) is 39.6 Å². The van der Waals surface area contributed by atoms with E-state index >= 15 is 0 Å². The van der Waals surface area contributed by atoms with Gasteiger partial charge < -0.3 is 19.5 Å². The van der Waals surface area contributed by atoms with Crippen LogP contribution in [0, 0.1) is 6.92 Å². The second-order valence-corrected chi connectivity index (χ2v) is 5.84. The number of piperazine rings is 1. The third-order valence-corrected chi connectivity index (χ3v) is 4.20. The van der Waals surface area contributed by atoms with Gasteiger partial charge in [-0.2, -0.15) is 4.98 Å². The predicted molar refractivity (Wildman–Crippen MR) is 92.6 cm³/mol. The van der Waals surface area contributed by atoms with Gasteiger partial charge in [0.1, 0.15) is 6.04 Å². The zero-order valence-electron chi connectivity index (χ0n) is 13.9. The highest BCUT2D eigenvalue weighted by atomic mass is 35.5. The van der Waals surface area contributed by atoms with Crippen molar-refractivity contribution in [1.82, 2.24) is 25.3 Å². The van der Waals surface area contributed by atoms with Crippen molar-refractivity contribution in [3.63, 3.8) is 0 Å². The molecule has 0 radical (unpaired) electrons. The number of amides is 1. The quantitative estimate of drug-likeness (QED) is 0.802. The molecule has 2 atom stereocenters. The van der Waals surface area contributed by atoms with Gasteiger partial charge in [0.15, 0.2) is 5.82 Å². The number of ether oxygens (including phenoxy) is 1. The zero-order valence-corrected chi connectivity index (χ0v) is 15.6. The summed E-state index contributed by atoms with van der Waals surface area (Å²) in [7, 11) is 0. The average molecular weight is 382 g/mol. The lowest BCUT2D eigenvalue weighted by Crippen LogP contribution is -2.59. The summed E-state index contributed by atoms with van der Waals surface area (Å²) in [6.07, 6.45) is -0.0680. The Morgan fingerprint density at radius 3 is 2.58 bits per heavy atom. The maximum atomic E-state index is 12.6. The summed E-state index contributed by atoms with van der Waals surface area (Å²) >= 11 is 0. The molecule has 0 spiro atoms. The molecular formula is C14H25Cl2N5O3. The minimum absolute atomic E-state index is 0. The lowest BCUT2D eigenvalue weighted by molar-refractivity contribution is -0.141. The van der Waals surface area contributed by atoms with Crippen molar-refractivity contribution in [1.29, 1.82) is 0 Å². The Labute approximate surface area is 154 Å². The highest BCUT2D eigenvalue weighted by molar-refractivity contribution is 5.85. The Morgan fingerprint density at radius 1 is 1.29 bits per heavy atom. The fourth-order valence-corrected chi connectivity index (χ4v) is 2.94. The number of carbonyl (C=O) groups excluding carboxylic acids is 1. The number of morpholine rings is 1. The summed E-state index contributed by atoms with van der Waals surface area (Å²) in [6, 6.07) is -0.222. The molecule has 2 fully saturated rings. The number of aryl methyl sites for hydroxylation is 1. The molecule has 2 aliphatic heterocycles. The molecule has 1 amide bonds. The van der Waals surface area contributed by atoms with Crippen molar-refractivity contribution in [2.45, 2.75) is 32.5 Å². The van der Waals surface area contributed by atoms with E-state index in [1.165, 1.54) is 0 Å². The third-order valence-electron chi connectivity index (χ3n) is 4.20. The van der Waals surface area contributed by atoms with Crippen molar-refractivity contribution in [2.24, 2.45) is 0 Å². The van der Waals surface area contributed by atoms with Crippen LogP contribution in [0.4, 0.5) is 0 Å². The SMILES string of the molecule is Cc1nc(CN2CCN(C(=O)[C@H]3NCCO[C@@H]3C)CC2)no1.Cl.Cl. The number of aromatic nitrogens is 2. The van der Waals surface area contributed by atoms with E-state index in [0.717, 1.165) is 32.7 Å². The van der Waals surface area contributed by atoms with E-state index in [4.69, 9.17) is 9.26 Å². The van der Waals surface area contributed by atoms with Gasteiger partial charge in [-0.1, -0.05) is 5.16 Å². The number of nitrogens with zero attached hydrogens (tertiary/aromatic N) is 4. The minimum atomic E-state index is -0.222. The summed E-state index contributed by atoms with van der Waals surface area (Å²) in [5, 5.41) is 7.17. The van der Waals surface area contributed by atoms with Gasteiger partial charge >= 0.3 is 0 Å². The molecule has 0 bridgehead atoms. The van der Waals surface area contributed by atoms with Crippen LogP contribution in [0.2, 0.25) is 0 Å². The standard InChI is InChI=1S/C14H23N5O3.2ClH/c1-10-13(15-3-8-21-10)14(20)19-6-4-18(5-7-19)9-12-16-11(2)22-17-12;;/h10,13,15H,3-9H2,1-2H3;2*1H/t10-,13+;;/m1../s1. The molecule has 1 aromatic rings. The minimum Gasteiger partial charge on any atom is -0.375 e. The monoisotopic (exact) mass is 381 g/mol. The van der Waals surface area contributed by atoms with Crippen molar-refractivity contribution >= 4 is 30.7 Å². The van der Waals surface area contributed by atoms with Gasteiger partial charge in [-0.05, 0) is 6.92 Å². The number of hydrogen-bond acceptors (Lipinski definition) is 7. The molecule has 2 aliphatic rings. The molecule has 0 aromatic carbocycles. The third kappa shape index (κ3) is 5.03. The Hall–Kier alpha value is -0.930. The number of nitrogens with one attached hydrogen (secondary N) is 1. The fraction of sp³-hybridized carbons (Fsp3) is 0.786. The number of halogens is 2. The smallest absolute Gasteiger partial charge is 0.242 e. The normalized spacial score (nSPS) is 24.8. The van der Waals surface area contributed by atoms with E-state index in [2.05, 4.69) is 20.4 Å². The first-order chi connectivity index (χ1) is 10.6. The summed E-state index contributed by atoms with van der Waals surface area (Å²) in [5.41, 5.74) is 0. The van der Waals surface area contributed by atoms with Crippen LogP contribution in [0.15, 0.2) is 4.52 Å². The summed E-state index contributed by atoms with van der Waals surface area (Å²) < 4.78 is 10.5. The molecule has 2 saturated heterocycles. The van der Waals surface area contributed by atoms with E-state index in [-0.39, 0.29) is 42.9 Å². The Morgan fingerprint density at radius 2 is 2.00 bits per heavy atom. The number of rotatable bonds is 3. The fourth-order valence-electron chi connectivity index (χ4n) is 2.94. The molecule has 1 aromatic heterocycles. The van der Waals surface area contributed by atoms with Gasteiger partial charge in [-0.15, -0.1) is 24.8 Å². The lowest BCUT2D eigenvalue weighted by Gasteiger charge is -2.38. The molecule has 1 N–H and O–H groups in total. The second kappa shape index (κ2) is 9.53. The van der Waals surface area contributed by atoms with Crippen LogP contribution in [0.1, 0.15) is 18.6 Å². The number of carbonyl (C=O) groups is 1. The van der Waals surface area contributed by atoms with E-state index in [0.29, 0.717) is 24.9 Å². The van der Waals surface area contributed by atoms with Crippen molar-refractivity contribution in [2.75, 3.05) is 39.3 Å². The predicted octanol–water partition coefficient (Wildman–Crippen LogP) is 0.243. The maximum Gasteiger partial charge on any atom is 0.242 e.